The summed E-state index contributed by atoms with van der Waals surface area (Å²) in [6.07, 6.45) is 7.75. The van der Waals surface area contributed by atoms with Crippen LogP contribution in [0.15, 0.2) is 0 Å². The van der Waals surface area contributed by atoms with Gasteiger partial charge in [-0.05, 0) is 26.2 Å². The summed E-state index contributed by atoms with van der Waals surface area (Å²) in [4.78, 5) is 11.2. The van der Waals surface area contributed by atoms with E-state index in [2.05, 4.69) is 5.32 Å². The van der Waals surface area contributed by atoms with Crippen LogP contribution >= 0.6 is 0 Å². The number of carbonyl (C=O) groups excluding carboxylic acids is 1. The molecule has 13 heavy (non-hydrogen) atoms. The van der Waals surface area contributed by atoms with Crippen molar-refractivity contribution in [3.63, 3.8) is 0 Å². The number of hydrogen-bond donors (Lipinski definition) is 1. The summed E-state index contributed by atoms with van der Waals surface area (Å²) < 4.78 is 0. The Morgan fingerprint density at radius 2 is 2.00 bits per heavy atom. The van der Waals surface area contributed by atoms with Crippen LogP contribution in [0.4, 0.5) is 0 Å². The first kappa shape index (κ1) is 9.20. The summed E-state index contributed by atoms with van der Waals surface area (Å²) in [7, 11) is 0. The summed E-state index contributed by atoms with van der Waals surface area (Å²) in [5.41, 5.74) is 0.356. The van der Waals surface area contributed by atoms with E-state index in [1.165, 1.54) is 32.1 Å². The van der Waals surface area contributed by atoms with Gasteiger partial charge in [0.2, 0.25) is 0 Å². The van der Waals surface area contributed by atoms with Crippen molar-refractivity contribution in [2.24, 2.45) is 5.92 Å². The smallest absolute Gasteiger partial charge is 0.134 e. The van der Waals surface area contributed by atoms with Crippen molar-refractivity contribution in [2.75, 3.05) is 6.54 Å². The molecule has 0 radical (unpaired) electrons. The maximum atomic E-state index is 11.2. The Labute approximate surface area is 80.1 Å². The Kier molecular flexibility index (Phi) is 2.41. The first-order valence-corrected chi connectivity index (χ1v) is 5.47. The molecule has 0 bridgehead atoms. The minimum Gasteiger partial charge on any atom is -0.310 e. The van der Waals surface area contributed by atoms with Crippen molar-refractivity contribution in [2.45, 2.75) is 51.0 Å². The second kappa shape index (κ2) is 3.41. The van der Waals surface area contributed by atoms with Gasteiger partial charge < -0.3 is 5.32 Å². The molecule has 2 aliphatic rings. The summed E-state index contributed by atoms with van der Waals surface area (Å²) in [5, 5.41) is 3.58. The van der Waals surface area contributed by atoms with E-state index in [1.807, 2.05) is 0 Å². The summed E-state index contributed by atoms with van der Waals surface area (Å²) in [6, 6.07) is 0. The largest absolute Gasteiger partial charge is 0.310 e. The lowest BCUT2D eigenvalue weighted by Crippen LogP contribution is -2.41. The van der Waals surface area contributed by atoms with E-state index in [1.54, 1.807) is 6.92 Å². The topological polar surface area (TPSA) is 29.1 Å². The maximum Gasteiger partial charge on any atom is 0.134 e. The number of hydrogen-bond acceptors (Lipinski definition) is 2. The average Bonchev–Trinajstić information content (AvgIpc) is 2.51. The molecule has 1 unspecified atom stereocenters. The highest BCUT2D eigenvalue weighted by atomic mass is 16.1. The Balaban J connectivity index is 1.98. The van der Waals surface area contributed by atoms with Gasteiger partial charge in [0.25, 0.3) is 0 Å². The number of ketones is 1. The lowest BCUT2D eigenvalue weighted by Gasteiger charge is -2.33. The van der Waals surface area contributed by atoms with Crippen LogP contribution in [-0.4, -0.2) is 17.9 Å². The van der Waals surface area contributed by atoms with Crippen LogP contribution in [0.2, 0.25) is 0 Å². The van der Waals surface area contributed by atoms with E-state index < -0.39 is 0 Å². The van der Waals surface area contributed by atoms with Gasteiger partial charge in [-0.15, -0.1) is 0 Å². The van der Waals surface area contributed by atoms with Crippen LogP contribution < -0.4 is 5.32 Å². The van der Waals surface area contributed by atoms with Crippen LogP contribution in [-0.2, 0) is 4.79 Å². The molecule has 1 heterocycles. The van der Waals surface area contributed by atoms with Gasteiger partial charge in [0.1, 0.15) is 5.78 Å². The lowest BCUT2D eigenvalue weighted by molar-refractivity contribution is -0.120. The van der Waals surface area contributed by atoms with Crippen LogP contribution in [0.25, 0.3) is 0 Å². The van der Waals surface area contributed by atoms with Crippen molar-refractivity contribution in [1.29, 1.82) is 0 Å². The Morgan fingerprint density at radius 3 is 2.54 bits per heavy atom. The molecule has 1 aliphatic carbocycles. The molecule has 1 spiro atoms. The summed E-state index contributed by atoms with van der Waals surface area (Å²) in [6.45, 7) is 2.66. The molecule has 74 valence electrons. The van der Waals surface area contributed by atoms with Crippen LogP contribution in [0, 0.1) is 5.92 Å². The molecule has 1 aliphatic heterocycles. The monoisotopic (exact) mass is 181 g/mol. The normalized spacial score (nSPS) is 32.2. The molecule has 1 saturated heterocycles. The zero-order chi connectivity index (χ0) is 9.31. The van der Waals surface area contributed by atoms with Gasteiger partial charge in [-0.3, -0.25) is 4.79 Å². The van der Waals surface area contributed by atoms with Gasteiger partial charge in [-0.1, -0.05) is 19.3 Å². The Morgan fingerprint density at radius 1 is 1.31 bits per heavy atom. The number of rotatable bonds is 1. The zero-order valence-electron chi connectivity index (χ0n) is 8.44. The molecular weight excluding hydrogens is 162 g/mol. The number of carbonyl (C=O) groups is 1. The fourth-order valence-corrected chi connectivity index (χ4v) is 2.85. The van der Waals surface area contributed by atoms with Crippen molar-refractivity contribution < 1.29 is 4.79 Å². The molecule has 2 rings (SSSR count). The quantitative estimate of drug-likeness (QED) is 0.669. The van der Waals surface area contributed by atoms with Crippen molar-refractivity contribution in [1.82, 2.24) is 5.32 Å². The highest BCUT2D eigenvalue weighted by Crippen LogP contribution is 2.37. The molecule has 0 aromatic heterocycles. The molecule has 1 saturated carbocycles. The van der Waals surface area contributed by atoms with E-state index >= 15 is 0 Å². The average molecular weight is 181 g/mol. The summed E-state index contributed by atoms with van der Waals surface area (Å²) in [5.74, 6) is 0.674. The molecule has 2 fully saturated rings. The van der Waals surface area contributed by atoms with Gasteiger partial charge in [0.15, 0.2) is 0 Å². The van der Waals surface area contributed by atoms with Gasteiger partial charge in [-0.25, -0.2) is 0 Å². The van der Waals surface area contributed by atoms with Gasteiger partial charge in [-0.2, -0.15) is 0 Å². The van der Waals surface area contributed by atoms with E-state index in [-0.39, 0.29) is 0 Å². The third-order valence-corrected chi connectivity index (χ3v) is 3.75. The fraction of sp³-hybridized carbons (Fsp3) is 0.909. The van der Waals surface area contributed by atoms with E-state index in [4.69, 9.17) is 0 Å². The molecule has 0 amide bonds. The molecule has 0 aromatic rings. The van der Waals surface area contributed by atoms with Crippen LogP contribution in [0.3, 0.4) is 0 Å². The van der Waals surface area contributed by atoms with Crippen molar-refractivity contribution in [3.8, 4) is 0 Å². The van der Waals surface area contributed by atoms with Gasteiger partial charge >= 0.3 is 0 Å². The summed E-state index contributed by atoms with van der Waals surface area (Å²) >= 11 is 0. The maximum absolute atomic E-state index is 11.2. The lowest BCUT2D eigenvalue weighted by atomic mass is 9.78. The minimum absolute atomic E-state index is 0.304. The van der Waals surface area contributed by atoms with E-state index in [0.717, 1.165) is 13.0 Å². The predicted molar refractivity (Wildman–Crippen MR) is 52.6 cm³/mol. The highest BCUT2D eigenvalue weighted by Gasteiger charge is 2.40. The standard InChI is InChI=1S/C11H19NO/c1-9(13)10-7-11(12-8-10)5-3-2-4-6-11/h10,12H,2-8H2,1H3. The number of Topliss-reactive ketones (excluding diaryl/α,β-unsaturated/α-hetero) is 1. The first-order chi connectivity index (χ1) is 6.22. The first-order valence-electron chi connectivity index (χ1n) is 5.47. The zero-order valence-corrected chi connectivity index (χ0v) is 8.44. The van der Waals surface area contributed by atoms with Crippen molar-refractivity contribution in [3.05, 3.63) is 0 Å². The molecule has 0 aromatic carbocycles. The second-order valence-corrected chi connectivity index (χ2v) is 4.73. The van der Waals surface area contributed by atoms with Crippen LogP contribution in [0.5, 0.6) is 0 Å². The van der Waals surface area contributed by atoms with Crippen LogP contribution in [0.1, 0.15) is 45.4 Å². The minimum atomic E-state index is 0.304. The second-order valence-electron chi connectivity index (χ2n) is 4.73. The third kappa shape index (κ3) is 1.78. The Bertz CT molecular complexity index is 206. The highest BCUT2D eigenvalue weighted by molar-refractivity contribution is 5.79. The predicted octanol–water partition coefficient (Wildman–Crippen LogP) is 1.89. The molecule has 1 N–H and O–H groups in total. The molecule has 1 atom stereocenters. The SMILES string of the molecule is CC(=O)C1CNC2(CCCCC2)C1. The number of nitrogens with one attached hydrogen (secondary N) is 1. The fourth-order valence-electron chi connectivity index (χ4n) is 2.85. The van der Waals surface area contributed by atoms with E-state index in [9.17, 15) is 4.79 Å². The van der Waals surface area contributed by atoms with Gasteiger partial charge in [0, 0.05) is 18.0 Å². The van der Waals surface area contributed by atoms with Crippen molar-refractivity contribution >= 4 is 5.78 Å². The third-order valence-electron chi connectivity index (χ3n) is 3.75. The van der Waals surface area contributed by atoms with Gasteiger partial charge in [0.05, 0.1) is 0 Å². The molecule has 2 heteroatoms. The molecular formula is C11H19NO. The Hall–Kier alpha value is -0.370. The van der Waals surface area contributed by atoms with E-state index in [0.29, 0.717) is 17.2 Å². The molecule has 2 nitrogen and oxygen atoms in total.